The summed E-state index contributed by atoms with van der Waals surface area (Å²) in [6.45, 7) is 4.89. The van der Waals surface area contributed by atoms with E-state index in [9.17, 15) is 13.6 Å². The minimum Gasteiger partial charge on any atom is -0.351 e. The smallest absolute Gasteiger partial charge is 0.270 e. The molecule has 1 aromatic heterocycles. The van der Waals surface area contributed by atoms with Crippen LogP contribution in [0.25, 0.3) is 16.9 Å². The molecule has 5 nitrogen and oxygen atoms in total. The highest BCUT2D eigenvalue weighted by Gasteiger charge is 2.19. The number of halogens is 2. The molecule has 0 saturated carbocycles. The van der Waals surface area contributed by atoms with Gasteiger partial charge in [-0.3, -0.25) is 4.79 Å². The summed E-state index contributed by atoms with van der Waals surface area (Å²) >= 11 is 0. The molecule has 2 heterocycles. The summed E-state index contributed by atoms with van der Waals surface area (Å²) in [5.41, 5.74) is 2.16. The van der Waals surface area contributed by atoms with Gasteiger partial charge >= 0.3 is 0 Å². The van der Waals surface area contributed by atoms with Gasteiger partial charge in [-0.25, -0.2) is 13.5 Å². The van der Waals surface area contributed by atoms with Crippen LogP contribution in [-0.2, 0) is 0 Å². The van der Waals surface area contributed by atoms with Crippen LogP contribution in [0.15, 0.2) is 54.6 Å². The molecular formula is C25H28F2N4O. The zero-order valence-electron chi connectivity index (χ0n) is 18.2. The molecule has 4 rings (SSSR count). The summed E-state index contributed by atoms with van der Waals surface area (Å²) in [5.74, 6) is -0.952. The van der Waals surface area contributed by atoms with Crippen LogP contribution < -0.4 is 5.32 Å². The molecule has 1 N–H and O–H groups in total. The normalized spacial score (nSPS) is 16.8. The molecular weight excluding hydrogens is 410 g/mol. The van der Waals surface area contributed by atoms with E-state index in [-0.39, 0.29) is 17.5 Å². The van der Waals surface area contributed by atoms with Gasteiger partial charge in [0.1, 0.15) is 17.3 Å². The number of aromatic nitrogens is 2. The predicted molar refractivity (Wildman–Crippen MR) is 121 cm³/mol. The van der Waals surface area contributed by atoms with E-state index < -0.39 is 0 Å². The second-order valence-corrected chi connectivity index (χ2v) is 8.30. The first-order valence-corrected chi connectivity index (χ1v) is 11.2. The number of piperidine rings is 1. The lowest BCUT2D eigenvalue weighted by atomic mass is 10.0. The number of likely N-dealkylation sites (tertiary alicyclic amines) is 1. The van der Waals surface area contributed by atoms with Gasteiger partial charge in [0.15, 0.2) is 0 Å². The number of nitrogens with zero attached hydrogens (tertiary/aromatic N) is 3. The Hall–Kier alpha value is -3.06. The summed E-state index contributed by atoms with van der Waals surface area (Å²) in [7, 11) is 0. The average Bonchev–Trinajstić information content (AvgIpc) is 3.24. The zero-order valence-corrected chi connectivity index (χ0v) is 18.2. The highest BCUT2D eigenvalue weighted by atomic mass is 19.1. The van der Waals surface area contributed by atoms with E-state index in [0.29, 0.717) is 35.2 Å². The van der Waals surface area contributed by atoms with E-state index in [0.717, 1.165) is 19.5 Å². The van der Waals surface area contributed by atoms with Crippen LogP contribution in [0.3, 0.4) is 0 Å². The van der Waals surface area contributed by atoms with Gasteiger partial charge in [0, 0.05) is 24.7 Å². The fourth-order valence-corrected chi connectivity index (χ4v) is 4.15. The number of rotatable bonds is 7. The first-order chi connectivity index (χ1) is 15.5. The van der Waals surface area contributed by atoms with Crippen molar-refractivity contribution in [2.24, 2.45) is 0 Å². The maximum absolute atomic E-state index is 13.4. The minimum absolute atomic E-state index is 0.248. The molecule has 1 amide bonds. The monoisotopic (exact) mass is 438 g/mol. The van der Waals surface area contributed by atoms with Crippen LogP contribution in [0.4, 0.5) is 8.78 Å². The summed E-state index contributed by atoms with van der Waals surface area (Å²) in [6.07, 6.45) is 4.62. The maximum Gasteiger partial charge on any atom is 0.270 e. The third-order valence-electron chi connectivity index (χ3n) is 6.00. The number of carbonyl (C=O) groups is 1. The molecule has 1 saturated heterocycles. The average molecular weight is 439 g/mol. The van der Waals surface area contributed by atoms with Crippen LogP contribution in [-0.4, -0.2) is 46.3 Å². The molecule has 0 spiro atoms. The molecule has 1 atom stereocenters. The third-order valence-corrected chi connectivity index (χ3v) is 6.00. The molecule has 0 aliphatic carbocycles. The second-order valence-electron chi connectivity index (χ2n) is 8.30. The number of nitrogens with one attached hydrogen (secondary N) is 1. The van der Waals surface area contributed by atoms with Crippen molar-refractivity contribution in [3.63, 3.8) is 0 Å². The summed E-state index contributed by atoms with van der Waals surface area (Å²) < 4.78 is 28.2. The predicted octanol–water partition coefficient (Wildman–Crippen LogP) is 4.81. The van der Waals surface area contributed by atoms with Gasteiger partial charge in [0.05, 0.1) is 11.4 Å². The largest absolute Gasteiger partial charge is 0.351 e. The van der Waals surface area contributed by atoms with Gasteiger partial charge in [-0.05, 0) is 87.3 Å². The minimum atomic E-state index is -0.363. The Kier molecular flexibility index (Phi) is 6.95. The molecule has 1 aliphatic rings. The Balaban J connectivity index is 1.49. The van der Waals surface area contributed by atoms with Crippen molar-refractivity contribution >= 4 is 5.91 Å². The number of amides is 1. The van der Waals surface area contributed by atoms with Gasteiger partial charge in [-0.15, -0.1) is 0 Å². The van der Waals surface area contributed by atoms with Crippen molar-refractivity contribution in [3.8, 4) is 16.9 Å². The van der Waals surface area contributed by atoms with Crippen LogP contribution in [0.5, 0.6) is 0 Å². The summed E-state index contributed by atoms with van der Waals surface area (Å²) in [4.78, 5) is 15.5. The van der Waals surface area contributed by atoms with E-state index in [1.54, 1.807) is 30.3 Å². The number of hydrogen-bond donors (Lipinski definition) is 1. The van der Waals surface area contributed by atoms with E-state index in [2.05, 4.69) is 22.2 Å². The molecule has 1 fully saturated rings. The Morgan fingerprint density at radius 2 is 1.75 bits per heavy atom. The molecule has 168 valence electrons. The molecule has 2 aromatic carbocycles. The van der Waals surface area contributed by atoms with Crippen molar-refractivity contribution in [2.75, 3.05) is 19.6 Å². The van der Waals surface area contributed by atoms with Crippen molar-refractivity contribution in [1.29, 1.82) is 0 Å². The highest BCUT2D eigenvalue weighted by molar-refractivity contribution is 5.94. The van der Waals surface area contributed by atoms with Crippen LogP contribution in [0, 0.1) is 11.6 Å². The summed E-state index contributed by atoms with van der Waals surface area (Å²) in [6, 6.07) is 14.0. The maximum atomic E-state index is 13.4. The molecule has 0 radical (unpaired) electrons. The fraction of sp³-hybridized carbons (Fsp3) is 0.360. The third kappa shape index (κ3) is 5.22. The Bertz CT molecular complexity index is 1050. The van der Waals surface area contributed by atoms with E-state index in [4.69, 9.17) is 0 Å². The van der Waals surface area contributed by atoms with Gasteiger partial charge in [0.25, 0.3) is 5.91 Å². The first-order valence-electron chi connectivity index (χ1n) is 11.2. The number of carbonyl (C=O) groups excluding carboxylic acids is 1. The van der Waals surface area contributed by atoms with Gasteiger partial charge in [0.2, 0.25) is 0 Å². The van der Waals surface area contributed by atoms with Crippen molar-refractivity contribution in [1.82, 2.24) is 20.0 Å². The number of hydrogen-bond acceptors (Lipinski definition) is 3. The Morgan fingerprint density at radius 1 is 1.06 bits per heavy atom. The molecule has 1 unspecified atom stereocenters. The SMILES string of the molecule is CC1CCCCN1CCCNC(=O)c1cc(-c2ccc(F)cc2)nn1-c1ccc(F)cc1. The standard InChI is InChI=1S/C25H28F2N4O/c1-18-5-2-3-15-30(18)16-4-14-28-25(32)24-17-23(19-6-8-20(26)9-7-19)29-31(24)22-12-10-21(27)11-13-22/h6-13,17-18H,2-5,14-16H2,1H3,(H,28,32). The molecule has 3 aromatic rings. The zero-order chi connectivity index (χ0) is 22.5. The number of benzene rings is 2. The Labute approximate surface area is 187 Å². The van der Waals surface area contributed by atoms with Gasteiger partial charge < -0.3 is 10.2 Å². The summed E-state index contributed by atoms with van der Waals surface area (Å²) in [5, 5.41) is 7.53. The lowest BCUT2D eigenvalue weighted by molar-refractivity contribution is 0.0941. The van der Waals surface area contributed by atoms with E-state index in [1.807, 2.05) is 0 Å². The van der Waals surface area contributed by atoms with Crippen molar-refractivity contribution < 1.29 is 13.6 Å². The fourth-order valence-electron chi connectivity index (χ4n) is 4.15. The van der Waals surface area contributed by atoms with Crippen LogP contribution in [0.1, 0.15) is 43.1 Å². The van der Waals surface area contributed by atoms with E-state index >= 15 is 0 Å². The van der Waals surface area contributed by atoms with Crippen molar-refractivity contribution in [2.45, 2.75) is 38.6 Å². The molecule has 7 heteroatoms. The van der Waals surface area contributed by atoms with E-state index in [1.165, 1.54) is 48.2 Å². The molecule has 0 bridgehead atoms. The topological polar surface area (TPSA) is 50.2 Å². The van der Waals surface area contributed by atoms with Gasteiger partial charge in [-0.2, -0.15) is 5.10 Å². The quantitative estimate of drug-likeness (QED) is 0.539. The molecule has 1 aliphatic heterocycles. The first kappa shape index (κ1) is 22.1. The van der Waals surface area contributed by atoms with Crippen LogP contribution >= 0.6 is 0 Å². The van der Waals surface area contributed by atoms with Crippen LogP contribution in [0.2, 0.25) is 0 Å². The van der Waals surface area contributed by atoms with Crippen molar-refractivity contribution in [3.05, 3.63) is 71.9 Å². The second kappa shape index (κ2) is 10.0. The highest BCUT2D eigenvalue weighted by Crippen LogP contribution is 2.22. The van der Waals surface area contributed by atoms with Gasteiger partial charge in [-0.1, -0.05) is 6.42 Å². The Morgan fingerprint density at radius 3 is 2.44 bits per heavy atom. The molecule has 32 heavy (non-hydrogen) atoms. The lowest BCUT2D eigenvalue weighted by Crippen LogP contribution is -2.39. The lowest BCUT2D eigenvalue weighted by Gasteiger charge is -2.33.